The van der Waals surface area contributed by atoms with E-state index >= 15 is 0 Å². The first-order valence-electron chi connectivity index (χ1n) is 6.98. The molecule has 0 aliphatic carbocycles. The van der Waals surface area contributed by atoms with Gasteiger partial charge in [-0.3, -0.25) is 10.1 Å². The minimum absolute atomic E-state index is 0.0575. The molecule has 2 heterocycles. The average molecular weight is 296 g/mol. The normalized spacial score (nSPS) is 22.0. The van der Waals surface area contributed by atoms with E-state index in [0.29, 0.717) is 24.5 Å². The van der Waals surface area contributed by atoms with E-state index < -0.39 is 16.9 Å². The molecule has 2 unspecified atom stereocenters. The number of rotatable bonds is 4. The molecule has 1 aliphatic heterocycles. The summed E-state index contributed by atoms with van der Waals surface area (Å²) in [7, 11) is 0. The van der Waals surface area contributed by atoms with Crippen LogP contribution in [0, 0.1) is 23.0 Å². The highest BCUT2D eigenvalue weighted by molar-refractivity contribution is 5.80. The van der Waals surface area contributed by atoms with Crippen molar-refractivity contribution in [2.45, 2.75) is 46.2 Å². The van der Waals surface area contributed by atoms with Crippen LogP contribution in [0.2, 0.25) is 0 Å². The summed E-state index contributed by atoms with van der Waals surface area (Å²) in [5.41, 5.74) is 0.219. The summed E-state index contributed by atoms with van der Waals surface area (Å²) in [6.45, 7) is 7.66. The lowest BCUT2D eigenvalue weighted by molar-refractivity contribution is -0.384. The second kappa shape index (κ2) is 5.34. The number of hydrogen-bond donors (Lipinski definition) is 1. The van der Waals surface area contributed by atoms with Crippen molar-refractivity contribution in [1.29, 1.82) is 0 Å². The van der Waals surface area contributed by atoms with Gasteiger partial charge in [-0.1, -0.05) is 6.92 Å². The predicted molar refractivity (Wildman–Crippen MR) is 76.6 cm³/mol. The highest BCUT2D eigenvalue weighted by Crippen LogP contribution is 2.39. The van der Waals surface area contributed by atoms with Crippen LogP contribution < -0.4 is 4.90 Å². The number of carboxylic acid groups (broad SMARTS) is 1. The number of anilines is 1. The highest BCUT2D eigenvalue weighted by Gasteiger charge is 2.42. The molecule has 0 spiro atoms. The predicted octanol–water partition coefficient (Wildman–Crippen LogP) is 1.98. The molecule has 1 saturated heterocycles. The number of carboxylic acids is 1. The van der Waals surface area contributed by atoms with E-state index in [2.05, 4.69) is 5.10 Å². The van der Waals surface area contributed by atoms with E-state index in [9.17, 15) is 20.0 Å². The van der Waals surface area contributed by atoms with Crippen LogP contribution in [0.25, 0.3) is 0 Å². The molecule has 21 heavy (non-hydrogen) atoms. The molecule has 1 aliphatic rings. The molecule has 1 N–H and O–H groups in total. The molecule has 0 radical (unpaired) electrons. The summed E-state index contributed by atoms with van der Waals surface area (Å²) in [4.78, 5) is 24.0. The third-order valence-corrected chi connectivity index (χ3v) is 3.93. The van der Waals surface area contributed by atoms with Gasteiger partial charge < -0.3 is 10.0 Å². The number of aliphatic carboxylic acids is 1. The molecule has 0 aromatic carbocycles. The fourth-order valence-corrected chi connectivity index (χ4v) is 2.93. The Morgan fingerprint density at radius 3 is 2.62 bits per heavy atom. The van der Waals surface area contributed by atoms with Crippen LogP contribution in [0.5, 0.6) is 0 Å². The summed E-state index contributed by atoms with van der Waals surface area (Å²) < 4.78 is 1.56. The van der Waals surface area contributed by atoms with Gasteiger partial charge in [0.1, 0.15) is 11.7 Å². The number of nitrogens with zero attached hydrogens (tertiary/aromatic N) is 4. The average Bonchev–Trinajstić information content (AvgIpc) is 2.89. The fourth-order valence-electron chi connectivity index (χ4n) is 2.93. The Bertz CT molecular complexity index is 581. The zero-order valence-corrected chi connectivity index (χ0v) is 12.6. The minimum atomic E-state index is -0.955. The Balaban J connectivity index is 2.61. The third-order valence-electron chi connectivity index (χ3n) is 3.93. The SMILES string of the molecule is Cc1nn(C(C)C)c(N2CCC(C)C2C(=O)O)c1[N+](=O)[O-]. The first kappa shape index (κ1) is 15.3. The molecule has 116 valence electrons. The molecule has 1 aromatic heterocycles. The molecule has 0 amide bonds. The van der Waals surface area contributed by atoms with Crippen molar-refractivity contribution in [3.05, 3.63) is 15.8 Å². The van der Waals surface area contributed by atoms with Crippen molar-refractivity contribution in [2.24, 2.45) is 5.92 Å². The summed E-state index contributed by atoms with van der Waals surface area (Å²) in [5.74, 6) is -0.703. The highest BCUT2D eigenvalue weighted by atomic mass is 16.6. The van der Waals surface area contributed by atoms with Gasteiger partial charge >= 0.3 is 11.7 Å². The Labute approximate surface area is 122 Å². The zero-order valence-electron chi connectivity index (χ0n) is 12.6. The lowest BCUT2D eigenvalue weighted by Gasteiger charge is -2.26. The van der Waals surface area contributed by atoms with Gasteiger partial charge in [-0.25, -0.2) is 9.48 Å². The summed E-state index contributed by atoms with van der Waals surface area (Å²) >= 11 is 0. The van der Waals surface area contributed by atoms with Crippen molar-refractivity contribution in [1.82, 2.24) is 9.78 Å². The molecule has 8 heteroatoms. The van der Waals surface area contributed by atoms with Gasteiger partial charge in [0.15, 0.2) is 0 Å². The quantitative estimate of drug-likeness (QED) is 0.673. The fraction of sp³-hybridized carbons (Fsp3) is 0.692. The van der Waals surface area contributed by atoms with E-state index in [1.54, 1.807) is 16.5 Å². The number of carbonyl (C=O) groups is 1. The molecule has 8 nitrogen and oxygen atoms in total. The number of nitro groups is 1. The van der Waals surface area contributed by atoms with E-state index in [1.807, 2.05) is 20.8 Å². The summed E-state index contributed by atoms with van der Waals surface area (Å²) in [5, 5.41) is 25.0. The lowest BCUT2D eigenvalue weighted by Crippen LogP contribution is -2.40. The first-order valence-corrected chi connectivity index (χ1v) is 6.98. The van der Waals surface area contributed by atoms with Crippen molar-refractivity contribution in [3.63, 3.8) is 0 Å². The molecule has 2 rings (SSSR count). The maximum Gasteiger partial charge on any atom is 0.333 e. The summed E-state index contributed by atoms with van der Waals surface area (Å²) in [6.07, 6.45) is 0.691. The van der Waals surface area contributed by atoms with Crippen LogP contribution >= 0.6 is 0 Å². The van der Waals surface area contributed by atoms with Crippen LogP contribution in [0.15, 0.2) is 0 Å². The van der Waals surface area contributed by atoms with Gasteiger partial charge in [0.05, 0.1) is 4.92 Å². The van der Waals surface area contributed by atoms with Gasteiger partial charge in [-0.2, -0.15) is 5.10 Å². The molecule has 0 bridgehead atoms. The lowest BCUT2D eigenvalue weighted by atomic mass is 10.0. The van der Waals surface area contributed by atoms with Crippen LogP contribution in [0.4, 0.5) is 11.5 Å². The van der Waals surface area contributed by atoms with Crippen LogP contribution in [-0.2, 0) is 4.79 Å². The summed E-state index contributed by atoms with van der Waals surface area (Å²) in [6, 6.07) is -0.838. The van der Waals surface area contributed by atoms with Gasteiger partial charge in [0.25, 0.3) is 0 Å². The Morgan fingerprint density at radius 1 is 1.52 bits per heavy atom. The molecule has 1 aromatic rings. The maximum absolute atomic E-state index is 11.5. The van der Waals surface area contributed by atoms with Crippen molar-refractivity contribution in [2.75, 3.05) is 11.4 Å². The van der Waals surface area contributed by atoms with E-state index in [0.717, 1.165) is 0 Å². The Kier molecular flexibility index (Phi) is 3.89. The Hall–Kier alpha value is -2.12. The Morgan fingerprint density at radius 2 is 2.14 bits per heavy atom. The first-order chi connectivity index (χ1) is 9.75. The van der Waals surface area contributed by atoms with Gasteiger partial charge in [-0.15, -0.1) is 0 Å². The van der Waals surface area contributed by atoms with Crippen LogP contribution in [0.3, 0.4) is 0 Å². The smallest absolute Gasteiger partial charge is 0.333 e. The standard InChI is InChI=1S/C13H20N4O4/c1-7(2)16-12(11(17(20)21)9(4)14-16)15-6-5-8(3)10(15)13(18)19/h7-8,10H,5-6H2,1-4H3,(H,18,19). The second-order valence-corrected chi connectivity index (χ2v) is 5.80. The van der Waals surface area contributed by atoms with Gasteiger partial charge in [0.2, 0.25) is 5.82 Å². The van der Waals surface area contributed by atoms with E-state index in [4.69, 9.17) is 0 Å². The van der Waals surface area contributed by atoms with E-state index in [-0.39, 0.29) is 17.6 Å². The van der Waals surface area contributed by atoms with Crippen molar-refractivity contribution >= 4 is 17.5 Å². The zero-order chi connectivity index (χ0) is 15.9. The minimum Gasteiger partial charge on any atom is -0.480 e. The number of hydrogen-bond acceptors (Lipinski definition) is 5. The molecule has 2 atom stereocenters. The van der Waals surface area contributed by atoms with Crippen LogP contribution in [-0.4, -0.2) is 38.4 Å². The van der Waals surface area contributed by atoms with Gasteiger partial charge in [-0.05, 0) is 33.1 Å². The topological polar surface area (TPSA) is 102 Å². The second-order valence-electron chi connectivity index (χ2n) is 5.80. The van der Waals surface area contributed by atoms with Crippen LogP contribution in [0.1, 0.15) is 38.9 Å². The van der Waals surface area contributed by atoms with E-state index in [1.165, 1.54) is 0 Å². The molecular weight excluding hydrogens is 276 g/mol. The molecular formula is C13H20N4O4. The monoisotopic (exact) mass is 296 g/mol. The molecule has 1 fully saturated rings. The molecule has 0 saturated carbocycles. The largest absolute Gasteiger partial charge is 0.480 e. The number of aromatic nitrogens is 2. The van der Waals surface area contributed by atoms with Crippen molar-refractivity contribution < 1.29 is 14.8 Å². The van der Waals surface area contributed by atoms with Gasteiger partial charge in [0, 0.05) is 12.6 Å². The third kappa shape index (κ3) is 2.45. The van der Waals surface area contributed by atoms with Crippen molar-refractivity contribution in [3.8, 4) is 0 Å². The number of aryl methyl sites for hydroxylation is 1. The maximum atomic E-state index is 11.5.